The van der Waals surface area contributed by atoms with Crippen LogP contribution in [0.3, 0.4) is 0 Å². The fourth-order valence-corrected chi connectivity index (χ4v) is 1.91. The Hall–Kier alpha value is -1.40. The molecule has 0 saturated carbocycles. The van der Waals surface area contributed by atoms with E-state index in [0.717, 1.165) is 10.0 Å². The SMILES string of the molecule is OCCn1cc(CNc2cc(Br)ccc2F)cn1. The van der Waals surface area contributed by atoms with Gasteiger partial charge in [-0.25, -0.2) is 4.39 Å². The molecule has 0 fully saturated rings. The van der Waals surface area contributed by atoms with Crippen molar-refractivity contribution in [2.24, 2.45) is 0 Å². The summed E-state index contributed by atoms with van der Waals surface area (Å²) in [7, 11) is 0. The number of benzene rings is 1. The maximum atomic E-state index is 13.5. The van der Waals surface area contributed by atoms with Gasteiger partial charge in [0.25, 0.3) is 0 Å². The van der Waals surface area contributed by atoms with E-state index in [1.165, 1.54) is 6.07 Å². The maximum Gasteiger partial charge on any atom is 0.146 e. The molecular formula is C12H13BrFN3O. The van der Waals surface area contributed by atoms with Gasteiger partial charge in [0.15, 0.2) is 0 Å². The first-order valence-corrected chi connectivity index (χ1v) is 6.29. The molecule has 1 aromatic heterocycles. The van der Waals surface area contributed by atoms with Crippen LogP contribution in [0.2, 0.25) is 0 Å². The molecule has 0 atom stereocenters. The van der Waals surface area contributed by atoms with Gasteiger partial charge in [-0.2, -0.15) is 5.10 Å². The number of aromatic nitrogens is 2. The van der Waals surface area contributed by atoms with Crippen LogP contribution in [0.25, 0.3) is 0 Å². The van der Waals surface area contributed by atoms with E-state index in [2.05, 4.69) is 26.3 Å². The monoisotopic (exact) mass is 313 g/mol. The molecular weight excluding hydrogens is 301 g/mol. The highest BCUT2D eigenvalue weighted by Gasteiger charge is 2.03. The number of hydrogen-bond acceptors (Lipinski definition) is 3. The fourth-order valence-electron chi connectivity index (χ4n) is 1.55. The Morgan fingerprint density at radius 1 is 1.44 bits per heavy atom. The zero-order valence-electron chi connectivity index (χ0n) is 9.61. The van der Waals surface area contributed by atoms with Crippen molar-refractivity contribution >= 4 is 21.6 Å². The zero-order chi connectivity index (χ0) is 13.0. The summed E-state index contributed by atoms with van der Waals surface area (Å²) in [6.07, 6.45) is 3.51. The molecule has 4 nitrogen and oxygen atoms in total. The number of nitrogens with zero attached hydrogens (tertiary/aromatic N) is 2. The van der Waals surface area contributed by atoms with Crippen molar-refractivity contribution in [3.8, 4) is 0 Å². The Bertz CT molecular complexity index is 530. The van der Waals surface area contributed by atoms with Crippen LogP contribution >= 0.6 is 15.9 Å². The van der Waals surface area contributed by atoms with Crippen molar-refractivity contribution < 1.29 is 9.50 Å². The maximum absolute atomic E-state index is 13.5. The van der Waals surface area contributed by atoms with E-state index < -0.39 is 0 Å². The summed E-state index contributed by atoms with van der Waals surface area (Å²) >= 11 is 3.30. The van der Waals surface area contributed by atoms with E-state index in [1.54, 1.807) is 23.0 Å². The zero-order valence-corrected chi connectivity index (χ0v) is 11.2. The van der Waals surface area contributed by atoms with Crippen LogP contribution < -0.4 is 5.32 Å². The van der Waals surface area contributed by atoms with Crippen LogP contribution in [0, 0.1) is 5.82 Å². The molecule has 0 unspecified atom stereocenters. The van der Waals surface area contributed by atoms with Gasteiger partial charge in [0, 0.05) is 22.8 Å². The molecule has 2 N–H and O–H groups in total. The molecule has 1 heterocycles. The van der Waals surface area contributed by atoms with Gasteiger partial charge in [0.05, 0.1) is 25.0 Å². The second-order valence-corrected chi connectivity index (χ2v) is 4.73. The summed E-state index contributed by atoms with van der Waals surface area (Å²) in [6.45, 7) is 0.999. The molecule has 0 saturated heterocycles. The van der Waals surface area contributed by atoms with E-state index in [1.807, 2.05) is 6.20 Å². The summed E-state index contributed by atoms with van der Waals surface area (Å²) in [5.41, 5.74) is 1.38. The molecule has 2 aromatic rings. The molecule has 0 spiro atoms. The number of aliphatic hydroxyl groups excluding tert-OH is 1. The number of anilines is 1. The minimum atomic E-state index is -0.291. The Morgan fingerprint density at radius 3 is 3.06 bits per heavy atom. The minimum Gasteiger partial charge on any atom is -0.394 e. The van der Waals surface area contributed by atoms with Gasteiger partial charge in [0.1, 0.15) is 5.82 Å². The summed E-state index contributed by atoms with van der Waals surface area (Å²) in [6, 6.07) is 4.74. The minimum absolute atomic E-state index is 0.0504. The number of hydrogen-bond donors (Lipinski definition) is 2. The standard InChI is InChI=1S/C12H13BrFN3O/c13-10-1-2-11(14)12(5-10)15-6-9-7-16-17(8-9)3-4-18/h1-2,5,7-8,15,18H,3-4,6H2. The van der Waals surface area contributed by atoms with Crippen molar-refractivity contribution in [2.45, 2.75) is 13.1 Å². The van der Waals surface area contributed by atoms with Crippen LogP contribution in [0.1, 0.15) is 5.56 Å². The van der Waals surface area contributed by atoms with Crippen molar-refractivity contribution in [3.05, 3.63) is 46.4 Å². The summed E-state index contributed by atoms with van der Waals surface area (Å²) in [5.74, 6) is -0.291. The first-order chi connectivity index (χ1) is 8.69. The largest absolute Gasteiger partial charge is 0.394 e. The first kappa shape index (κ1) is 13.0. The summed E-state index contributed by atoms with van der Waals surface area (Å²) in [5, 5.41) is 15.8. The molecule has 96 valence electrons. The predicted octanol–water partition coefficient (Wildman–Crippen LogP) is 2.39. The van der Waals surface area contributed by atoms with Gasteiger partial charge in [0.2, 0.25) is 0 Å². The first-order valence-electron chi connectivity index (χ1n) is 5.50. The summed E-state index contributed by atoms with van der Waals surface area (Å²) < 4.78 is 15.9. The molecule has 6 heteroatoms. The van der Waals surface area contributed by atoms with Crippen LogP contribution in [-0.4, -0.2) is 21.5 Å². The van der Waals surface area contributed by atoms with Gasteiger partial charge < -0.3 is 10.4 Å². The van der Waals surface area contributed by atoms with Gasteiger partial charge in [-0.1, -0.05) is 15.9 Å². The van der Waals surface area contributed by atoms with Gasteiger partial charge >= 0.3 is 0 Å². The molecule has 1 aromatic carbocycles. The van der Waals surface area contributed by atoms with Crippen molar-refractivity contribution in [3.63, 3.8) is 0 Å². The second kappa shape index (κ2) is 5.97. The topological polar surface area (TPSA) is 50.1 Å². The van der Waals surface area contributed by atoms with E-state index in [9.17, 15) is 4.39 Å². The molecule has 0 radical (unpaired) electrons. The molecule has 0 aliphatic carbocycles. The average molecular weight is 314 g/mol. The normalized spacial score (nSPS) is 10.6. The third-order valence-electron chi connectivity index (χ3n) is 2.43. The van der Waals surface area contributed by atoms with Crippen molar-refractivity contribution in [2.75, 3.05) is 11.9 Å². The highest BCUT2D eigenvalue weighted by atomic mass is 79.9. The second-order valence-electron chi connectivity index (χ2n) is 3.81. The number of halogens is 2. The molecule has 0 aliphatic heterocycles. The predicted molar refractivity (Wildman–Crippen MR) is 70.7 cm³/mol. The van der Waals surface area contributed by atoms with Crippen LogP contribution in [0.5, 0.6) is 0 Å². The highest BCUT2D eigenvalue weighted by Crippen LogP contribution is 2.20. The number of aliphatic hydroxyl groups is 1. The van der Waals surface area contributed by atoms with E-state index in [-0.39, 0.29) is 12.4 Å². The number of rotatable bonds is 5. The van der Waals surface area contributed by atoms with E-state index >= 15 is 0 Å². The Morgan fingerprint density at radius 2 is 2.28 bits per heavy atom. The molecule has 18 heavy (non-hydrogen) atoms. The Labute approximate surface area is 113 Å². The lowest BCUT2D eigenvalue weighted by atomic mass is 10.3. The smallest absolute Gasteiger partial charge is 0.146 e. The number of nitrogens with one attached hydrogen (secondary N) is 1. The molecule has 2 rings (SSSR count). The fraction of sp³-hybridized carbons (Fsp3) is 0.250. The van der Waals surface area contributed by atoms with E-state index in [4.69, 9.17) is 5.11 Å². The van der Waals surface area contributed by atoms with E-state index in [0.29, 0.717) is 18.8 Å². The molecule has 0 amide bonds. The van der Waals surface area contributed by atoms with Crippen LogP contribution in [0.15, 0.2) is 35.1 Å². The van der Waals surface area contributed by atoms with Crippen molar-refractivity contribution in [1.29, 1.82) is 0 Å². The van der Waals surface area contributed by atoms with Crippen LogP contribution in [-0.2, 0) is 13.1 Å². The van der Waals surface area contributed by atoms with Crippen LogP contribution in [0.4, 0.5) is 10.1 Å². The van der Waals surface area contributed by atoms with Crippen molar-refractivity contribution in [1.82, 2.24) is 9.78 Å². The lowest BCUT2D eigenvalue weighted by Gasteiger charge is -2.06. The summed E-state index contributed by atoms with van der Waals surface area (Å²) in [4.78, 5) is 0. The lowest BCUT2D eigenvalue weighted by Crippen LogP contribution is -2.03. The van der Waals surface area contributed by atoms with Gasteiger partial charge in [-0.05, 0) is 18.2 Å². The Balaban J connectivity index is 1.99. The van der Waals surface area contributed by atoms with Gasteiger partial charge in [-0.3, -0.25) is 4.68 Å². The van der Waals surface area contributed by atoms with Gasteiger partial charge in [-0.15, -0.1) is 0 Å². The lowest BCUT2D eigenvalue weighted by molar-refractivity contribution is 0.269. The molecule has 0 bridgehead atoms. The molecule has 0 aliphatic rings. The highest BCUT2D eigenvalue weighted by molar-refractivity contribution is 9.10. The quantitative estimate of drug-likeness (QED) is 0.891. The third kappa shape index (κ3) is 3.30. The Kier molecular flexibility index (Phi) is 4.33. The average Bonchev–Trinajstić information content (AvgIpc) is 2.79. The third-order valence-corrected chi connectivity index (χ3v) is 2.92.